The summed E-state index contributed by atoms with van der Waals surface area (Å²) in [5, 5.41) is 13.2. The van der Waals surface area contributed by atoms with E-state index in [4.69, 9.17) is 9.47 Å². The number of hydrogen-bond acceptors (Lipinski definition) is 5. The van der Waals surface area contributed by atoms with E-state index in [9.17, 15) is 19.1 Å². The third-order valence-corrected chi connectivity index (χ3v) is 5.48. The number of imide groups is 1. The maximum absolute atomic E-state index is 13.3. The topological polar surface area (TPSA) is 88.1 Å². The van der Waals surface area contributed by atoms with E-state index in [2.05, 4.69) is 11.9 Å². The first-order valence-electron chi connectivity index (χ1n) is 10.3. The van der Waals surface area contributed by atoms with Gasteiger partial charge < -0.3 is 19.9 Å². The second kappa shape index (κ2) is 9.82. The lowest BCUT2D eigenvalue weighted by atomic mass is 9.87. The predicted octanol–water partition coefficient (Wildman–Crippen LogP) is 3.16. The van der Waals surface area contributed by atoms with Crippen LogP contribution in [0.4, 0.5) is 9.18 Å². The van der Waals surface area contributed by atoms with Crippen molar-refractivity contribution in [1.29, 1.82) is 0 Å². The maximum atomic E-state index is 13.3. The van der Waals surface area contributed by atoms with Crippen molar-refractivity contribution in [3.8, 4) is 11.5 Å². The molecule has 0 radical (unpaired) electrons. The number of nitrogens with one attached hydrogen (secondary N) is 1. The number of urea groups is 1. The molecule has 32 heavy (non-hydrogen) atoms. The van der Waals surface area contributed by atoms with Crippen LogP contribution in [0.5, 0.6) is 11.5 Å². The van der Waals surface area contributed by atoms with Gasteiger partial charge in [0.1, 0.15) is 24.1 Å². The number of nitrogens with zero attached hydrogens (tertiary/aromatic N) is 1. The molecule has 0 saturated carbocycles. The van der Waals surface area contributed by atoms with Crippen molar-refractivity contribution >= 4 is 11.9 Å². The van der Waals surface area contributed by atoms with E-state index >= 15 is 0 Å². The normalized spacial score (nSPS) is 18.9. The molecule has 0 spiro atoms. The van der Waals surface area contributed by atoms with Crippen LogP contribution in [0.15, 0.2) is 55.1 Å². The number of benzene rings is 2. The zero-order chi connectivity index (χ0) is 23.3. The second-order valence-electron chi connectivity index (χ2n) is 7.55. The molecule has 3 rings (SSSR count). The molecule has 1 fully saturated rings. The number of rotatable bonds is 10. The van der Waals surface area contributed by atoms with Crippen molar-refractivity contribution in [2.24, 2.45) is 0 Å². The van der Waals surface area contributed by atoms with E-state index in [0.29, 0.717) is 23.5 Å². The van der Waals surface area contributed by atoms with Crippen molar-refractivity contribution in [2.75, 3.05) is 20.3 Å². The smallest absolute Gasteiger partial charge is 0.325 e. The molecule has 170 valence electrons. The fourth-order valence-electron chi connectivity index (χ4n) is 3.74. The Morgan fingerprint density at radius 1 is 1.22 bits per heavy atom. The van der Waals surface area contributed by atoms with Crippen LogP contribution in [-0.2, 0) is 16.8 Å². The molecule has 2 atom stereocenters. The third-order valence-electron chi connectivity index (χ3n) is 5.48. The number of methoxy groups -OCH3 is 1. The number of amides is 3. The Labute approximate surface area is 186 Å². The molecule has 1 heterocycles. The minimum absolute atomic E-state index is 0.149. The lowest BCUT2D eigenvalue weighted by Crippen LogP contribution is -2.44. The second-order valence-corrected chi connectivity index (χ2v) is 7.55. The van der Waals surface area contributed by atoms with Gasteiger partial charge >= 0.3 is 6.03 Å². The number of carbonyl (C=O) groups is 2. The zero-order valence-corrected chi connectivity index (χ0v) is 18.1. The van der Waals surface area contributed by atoms with Gasteiger partial charge in [-0.3, -0.25) is 9.69 Å². The average Bonchev–Trinajstić information content (AvgIpc) is 3.03. The molecule has 2 aromatic carbocycles. The Bertz CT molecular complexity index is 994. The Hall–Kier alpha value is -3.39. The standard InChI is InChI=1S/C24H27FN2O5/c1-4-6-16-7-12-20(21(13-16)31-3)32-15-19(28)14-27-22(29)24(5-2,26-23(27)30)17-8-10-18(25)11-9-17/h4,7-13,19,28H,1,5-6,14-15H2,2-3H3,(H,26,30)/t19-,24-/m0/s1. The quantitative estimate of drug-likeness (QED) is 0.436. The molecular weight excluding hydrogens is 415 g/mol. The summed E-state index contributed by atoms with van der Waals surface area (Å²) in [6, 6.07) is 10.2. The Morgan fingerprint density at radius 2 is 1.94 bits per heavy atom. The first-order valence-corrected chi connectivity index (χ1v) is 10.3. The molecular formula is C24H27FN2O5. The van der Waals surface area contributed by atoms with Gasteiger partial charge in [0.25, 0.3) is 5.91 Å². The van der Waals surface area contributed by atoms with Crippen LogP contribution in [0.25, 0.3) is 0 Å². The SMILES string of the molecule is C=CCc1ccc(OC[C@@H](O)CN2C(=O)N[C@@](CC)(c3ccc(F)cc3)C2=O)c(OC)c1. The average molecular weight is 442 g/mol. The van der Waals surface area contributed by atoms with Crippen LogP contribution in [0.3, 0.4) is 0 Å². The van der Waals surface area contributed by atoms with Gasteiger partial charge in [-0.25, -0.2) is 9.18 Å². The molecule has 0 aromatic heterocycles. The maximum Gasteiger partial charge on any atom is 0.325 e. The van der Waals surface area contributed by atoms with E-state index in [-0.39, 0.29) is 19.6 Å². The van der Waals surface area contributed by atoms with Crippen LogP contribution >= 0.6 is 0 Å². The molecule has 1 saturated heterocycles. The lowest BCUT2D eigenvalue weighted by molar-refractivity contribution is -0.133. The van der Waals surface area contributed by atoms with E-state index in [1.54, 1.807) is 19.1 Å². The predicted molar refractivity (Wildman–Crippen MR) is 117 cm³/mol. The first kappa shape index (κ1) is 23.3. The highest BCUT2D eigenvalue weighted by atomic mass is 19.1. The van der Waals surface area contributed by atoms with Gasteiger partial charge in [0.15, 0.2) is 11.5 Å². The largest absolute Gasteiger partial charge is 0.493 e. The van der Waals surface area contributed by atoms with Crippen molar-refractivity contribution in [3.05, 3.63) is 72.1 Å². The molecule has 2 N–H and O–H groups in total. The highest BCUT2D eigenvalue weighted by Gasteiger charge is 2.51. The fraction of sp³-hybridized carbons (Fsp3) is 0.333. The van der Waals surface area contributed by atoms with Crippen molar-refractivity contribution in [3.63, 3.8) is 0 Å². The van der Waals surface area contributed by atoms with E-state index in [1.807, 2.05) is 12.1 Å². The Balaban J connectivity index is 1.68. The summed E-state index contributed by atoms with van der Waals surface area (Å²) in [5.41, 5.74) is 0.188. The highest BCUT2D eigenvalue weighted by molar-refractivity contribution is 6.07. The van der Waals surface area contributed by atoms with Crippen LogP contribution < -0.4 is 14.8 Å². The number of aliphatic hydroxyl groups is 1. The molecule has 0 bridgehead atoms. The van der Waals surface area contributed by atoms with Crippen molar-refractivity contribution in [1.82, 2.24) is 10.2 Å². The molecule has 1 aliphatic rings. The van der Waals surface area contributed by atoms with Crippen molar-refractivity contribution in [2.45, 2.75) is 31.4 Å². The zero-order valence-electron chi connectivity index (χ0n) is 18.1. The molecule has 0 unspecified atom stereocenters. The van der Waals surface area contributed by atoms with Crippen LogP contribution in [0, 0.1) is 5.82 Å². The van der Waals surface area contributed by atoms with E-state index < -0.39 is 29.4 Å². The number of aliphatic hydroxyl groups excluding tert-OH is 1. The number of ether oxygens (including phenoxy) is 2. The van der Waals surface area contributed by atoms with Gasteiger partial charge in [-0.05, 0) is 48.2 Å². The van der Waals surface area contributed by atoms with Gasteiger partial charge in [0.05, 0.1) is 13.7 Å². The van der Waals surface area contributed by atoms with Crippen LogP contribution in [0.1, 0.15) is 24.5 Å². The minimum Gasteiger partial charge on any atom is -0.493 e. The highest BCUT2D eigenvalue weighted by Crippen LogP contribution is 2.33. The monoisotopic (exact) mass is 442 g/mol. The molecule has 3 amide bonds. The molecule has 8 heteroatoms. The summed E-state index contributed by atoms with van der Waals surface area (Å²) in [6.45, 7) is 5.07. The van der Waals surface area contributed by atoms with Crippen molar-refractivity contribution < 1.29 is 28.6 Å². The van der Waals surface area contributed by atoms with Gasteiger partial charge in [-0.2, -0.15) is 0 Å². The van der Waals surface area contributed by atoms with Crippen LogP contribution in [0.2, 0.25) is 0 Å². The number of hydrogen-bond donors (Lipinski definition) is 2. The first-order chi connectivity index (χ1) is 15.3. The number of carbonyl (C=O) groups excluding carboxylic acids is 2. The molecule has 2 aromatic rings. The van der Waals surface area contributed by atoms with Crippen LogP contribution in [-0.4, -0.2) is 48.3 Å². The minimum atomic E-state index is -1.30. The Kier molecular flexibility index (Phi) is 7.15. The number of β-amino-alcohol motifs (C(OH)–C–C–N with tert-alkyl or cyclic N) is 1. The Morgan fingerprint density at radius 3 is 2.56 bits per heavy atom. The van der Waals surface area contributed by atoms with E-state index in [1.165, 1.54) is 31.4 Å². The summed E-state index contributed by atoms with van der Waals surface area (Å²) in [6.07, 6.45) is 1.61. The van der Waals surface area contributed by atoms with Gasteiger partial charge in [0.2, 0.25) is 0 Å². The number of halogens is 1. The molecule has 0 aliphatic carbocycles. The summed E-state index contributed by atoms with van der Waals surface area (Å²) in [7, 11) is 1.52. The summed E-state index contributed by atoms with van der Waals surface area (Å²) in [5.74, 6) is 0.00908. The van der Waals surface area contributed by atoms with Gasteiger partial charge in [-0.1, -0.05) is 31.2 Å². The third kappa shape index (κ3) is 4.60. The summed E-state index contributed by atoms with van der Waals surface area (Å²) in [4.78, 5) is 26.6. The summed E-state index contributed by atoms with van der Waals surface area (Å²) < 4.78 is 24.3. The molecule has 1 aliphatic heterocycles. The van der Waals surface area contributed by atoms with E-state index in [0.717, 1.165) is 10.5 Å². The lowest BCUT2D eigenvalue weighted by Gasteiger charge is -2.26. The summed E-state index contributed by atoms with van der Waals surface area (Å²) >= 11 is 0. The van der Waals surface area contributed by atoms with Gasteiger partial charge in [-0.15, -0.1) is 6.58 Å². The fourth-order valence-corrected chi connectivity index (χ4v) is 3.74. The molecule has 7 nitrogen and oxygen atoms in total. The van der Waals surface area contributed by atoms with Gasteiger partial charge in [0, 0.05) is 0 Å². The number of allylic oxidation sites excluding steroid dienone is 1.